The van der Waals surface area contributed by atoms with Crippen molar-refractivity contribution >= 4 is 28.5 Å². The number of anilines is 3. The lowest BCUT2D eigenvalue weighted by Crippen LogP contribution is -2.14. The predicted molar refractivity (Wildman–Crippen MR) is 109 cm³/mol. The number of hydrogen-bond donors (Lipinski definition) is 2. The third-order valence-electron chi connectivity index (χ3n) is 4.45. The first-order valence-electron chi connectivity index (χ1n) is 9.11. The van der Waals surface area contributed by atoms with Crippen molar-refractivity contribution in [1.82, 2.24) is 24.5 Å². The minimum atomic E-state index is -0.743. The highest BCUT2D eigenvalue weighted by atomic mass is 19.1. The summed E-state index contributed by atoms with van der Waals surface area (Å²) >= 11 is 0. The molecule has 0 fully saturated rings. The molecule has 3 aromatic heterocycles. The van der Waals surface area contributed by atoms with Crippen LogP contribution in [-0.2, 0) is 7.05 Å². The lowest BCUT2D eigenvalue weighted by molar-refractivity contribution is 0.415. The number of aromatic nitrogens is 5. The smallest absolute Gasteiger partial charge is 0.225 e. The van der Waals surface area contributed by atoms with Crippen LogP contribution < -0.4 is 15.4 Å². The lowest BCUT2D eigenvalue weighted by Gasteiger charge is -2.16. The second-order valence-electron chi connectivity index (χ2n) is 6.71. The monoisotopic (exact) mass is 411 g/mol. The number of ether oxygens (including phenoxy) is 1. The van der Waals surface area contributed by atoms with Gasteiger partial charge in [-0.15, -0.1) is 0 Å². The molecule has 1 aromatic carbocycles. The van der Waals surface area contributed by atoms with Crippen LogP contribution in [0.4, 0.5) is 26.4 Å². The van der Waals surface area contributed by atoms with Crippen LogP contribution in [0.2, 0.25) is 0 Å². The van der Waals surface area contributed by atoms with Crippen LogP contribution in [0.25, 0.3) is 10.9 Å². The number of halogens is 2. The van der Waals surface area contributed by atoms with E-state index in [2.05, 4.69) is 30.6 Å². The molecule has 3 heterocycles. The van der Waals surface area contributed by atoms with Crippen LogP contribution in [0.5, 0.6) is 5.75 Å². The first-order valence-corrected chi connectivity index (χ1v) is 9.11. The Bertz CT molecular complexity index is 1210. The molecule has 0 bridgehead atoms. The van der Waals surface area contributed by atoms with Gasteiger partial charge in [0.25, 0.3) is 0 Å². The third kappa shape index (κ3) is 3.97. The Hall–Kier alpha value is -3.82. The van der Waals surface area contributed by atoms with Crippen molar-refractivity contribution in [3.8, 4) is 5.75 Å². The molecular formula is C20H19F2N7O. The highest BCUT2D eigenvalue weighted by molar-refractivity contribution is 5.92. The lowest BCUT2D eigenvalue weighted by atomic mass is 10.2. The zero-order valence-corrected chi connectivity index (χ0v) is 16.5. The Morgan fingerprint density at radius 1 is 1.13 bits per heavy atom. The maximum atomic E-state index is 14.1. The summed E-state index contributed by atoms with van der Waals surface area (Å²) in [7, 11) is 3.44. The number of rotatable bonds is 6. The van der Waals surface area contributed by atoms with Gasteiger partial charge in [-0.2, -0.15) is 4.98 Å². The summed E-state index contributed by atoms with van der Waals surface area (Å²) in [5.74, 6) is 0.532. The first kappa shape index (κ1) is 19.5. The fourth-order valence-corrected chi connectivity index (χ4v) is 3.00. The van der Waals surface area contributed by atoms with E-state index in [0.717, 1.165) is 17.6 Å². The molecule has 0 saturated heterocycles. The van der Waals surface area contributed by atoms with Gasteiger partial charge in [0, 0.05) is 24.7 Å². The summed E-state index contributed by atoms with van der Waals surface area (Å²) in [6.45, 7) is 1.69. The van der Waals surface area contributed by atoms with Gasteiger partial charge in [0.15, 0.2) is 0 Å². The number of hydrogen-bond acceptors (Lipinski definition) is 7. The normalized spacial score (nSPS) is 12.0. The van der Waals surface area contributed by atoms with E-state index in [4.69, 9.17) is 4.74 Å². The average molecular weight is 411 g/mol. The van der Waals surface area contributed by atoms with Crippen LogP contribution in [0, 0.1) is 11.6 Å². The highest BCUT2D eigenvalue weighted by Gasteiger charge is 2.17. The van der Waals surface area contributed by atoms with Crippen LogP contribution in [0.15, 0.2) is 43.0 Å². The van der Waals surface area contributed by atoms with E-state index in [-0.39, 0.29) is 11.6 Å². The molecular weight excluding hydrogens is 392 g/mol. The summed E-state index contributed by atoms with van der Waals surface area (Å²) < 4.78 is 34.4. The second-order valence-corrected chi connectivity index (χ2v) is 6.71. The molecule has 8 nitrogen and oxygen atoms in total. The van der Waals surface area contributed by atoms with E-state index in [1.807, 2.05) is 19.3 Å². The summed E-state index contributed by atoms with van der Waals surface area (Å²) in [6.07, 6.45) is 4.44. The van der Waals surface area contributed by atoms with Gasteiger partial charge in [-0.05, 0) is 25.1 Å². The second kappa shape index (κ2) is 7.90. The van der Waals surface area contributed by atoms with Crippen molar-refractivity contribution in [3.05, 3.63) is 60.3 Å². The number of imidazole rings is 1. The Labute approximate surface area is 171 Å². The number of nitrogens with zero attached hydrogens (tertiary/aromatic N) is 5. The molecule has 154 valence electrons. The number of fused-ring (bicyclic) bond motifs is 1. The molecule has 4 rings (SSSR count). The van der Waals surface area contributed by atoms with Crippen molar-refractivity contribution in [3.63, 3.8) is 0 Å². The minimum Gasteiger partial charge on any atom is -0.497 e. The Balaban J connectivity index is 1.72. The van der Waals surface area contributed by atoms with Crippen LogP contribution in [0.3, 0.4) is 0 Å². The fraction of sp³-hybridized carbons (Fsp3) is 0.200. The van der Waals surface area contributed by atoms with Gasteiger partial charge in [0.1, 0.15) is 29.0 Å². The van der Waals surface area contributed by atoms with Gasteiger partial charge >= 0.3 is 0 Å². The fourth-order valence-electron chi connectivity index (χ4n) is 3.00. The molecule has 0 amide bonds. The summed E-state index contributed by atoms with van der Waals surface area (Å²) in [4.78, 5) is 17.1. The van der Waals surface area contributed by atoms with Crippen molar-refractivity contribution in [2.75, 3.05) is 17.7 Å². The number of pyridine rings is 1. The minimum absolute atomic E-state index is 0.0639. The van der Waals surface area contributed by atoms with Crippen molar-refractivity contribution in [2.45, 2.75) is 13.0 Å². The summed E-state index contributed by atoms with van der Waals surface area (Å²) in [5, 5.41) is 6.93. The zero-order chi connectivity index (χ0) is 21.3. The topological polar surface area (TPSA) is 89.8 Å². The van der Waals surface area contributed by atoms with Gasteiger partial charge in [0.2, 0.25) is 5.95 Å². The standard InChI is InChI=1S/C20H19F2N7O/c1-11(18-15(22)6-12(21)8-23-18)25-20-26-16-5-4-13(30-3)7-14(16)19(28-20)27-17-9-29(2)10-24-17/h4-11H,1-3H3,(H2,25,26,27,28)/t11-/m0/s1. The van der Waals surface area contributed by atoms with E-state index in [1.165, 1.54) is 0 Å². The molecule has 4 aromatic rings. The molecule has 0 aliphatic carbocycles. The Morgan fingerprint density at radius 2 is 1.97 bits per heavy atom. The van der Waals surface area contributed by atoms with Crippen molar-refractivity contribution in [1.29, 1.82) is 0 Å². The van der Waals surface area contributed by atoms with Crippen molar-refractivity contribution < 1.29 is 13.5 Å². The maximum Gasteiger partial charge on any atom is 0.225 e. The maximum absolute atomic E-state index is 14.1. The largest absolute Gasteiger partial charge is 0.497 e. The molecule has 2 N–H and O–H groups in total. The zero-order valence-electron chi connectivity index (χ0n) is 16.5. The van der Waals surface area contributed by atoms with E-state index < -0.39 is 17.7 Å². The van der Waals surface area contributed by atoms with Gasteiger partial charge in [-0.1, -0.05) is 0 Å². The number of benzene rings is 1. The quantitative estimate of drug-likeness (QED) is 0.496. The summed E-state index contributed by atoms with van der Waals surface area (Å²) in [6, 6.07) is 5.60. The molecule has 0 spiro atoms. The van der Waals surface area contributed by atoms with E-state index in [9.17, 15) is 8.78 Å². The molecule has 0 saturated carbocycles. The average Bonchev–Trinajstić information content (AvgIpc) is 3.12. The van der Waals surface area contributed by atoms with Gasteiger partial charge < -0.3 is 19.9 Å². The van der Waals surface area contributed by atoms with E-state index >= 15 is 0 Å². The van der Waals surface area contributed by atoms with Crippen LogP contribution in [0.1, 0.15) is 18.7 Å². The molecule has 1 atom stereocenters. The first-order chi connectivity index (χ1) is 14.4. The number of nitrogens with one attached hydrogen (secondary N) is 2. The van der Waals surface area contributed by atoms with Gasteiger partial charge in [-0.3, -0.25) is 4.98 Å². The molecule has 0 unspecified atom stereocenters. The molecule has 30 heavy (non-hydrogen) atoms. The SMILES string of the molecule is COc1ccc2nc(N[C@@H](C)c3ncc(F)cc3F)nc(Nc3cn(C)cn3)c2c1. The summed E-state index contributed by atoms with van der Waals surface area (Å²) in [5.41, 5.74) is 0.709. The number of methoxy groups -OCH3 is 1. The molecule has 10 heteroatoms. The van der Waals surface area contributed by atoms with Crippen LogP contribution in [-0.4, -0.2) is 31.6 Å². The number of aryl methyl sites for hydroxylation is 1. The highest BCUT2D eigenvalue weighted by Crippen LogP contribution is 2.29. The van der Waals surface area contributed by atoms with Gasteiger partial charge in [-0.25, -0.2) is 18.7 Å². The predicted octanol–water partition coefficient (Wildman–Crippen LogP) is 3.96. The molecule has 0 aliphatic heterocycles. The third-order valence-corrected chi connectivity index (χ3v) is 4.45. The Kier molecular flexibility index (Phi) is 5.13. The molecule has 0 aliphatic rings. The molecule has 0 radical (unpaired) electrons. The Morgan fingerprint density at radius 3 is 2.67 bits per heavy atom. The van der Waals surface area contributed by atoms with Crippen molar-refractivity contribution in [2.24, 2.45) is 7.05 Å². The van der Waals surface area contributed by atoms with Gasteiger partial charge in [0.05, 0.1) is 36.9 Å². The van der Waals surface area contributed by atoms with E-state index in [0.29, 0.717) is 22.9 Å². The van der Waals surface area contributed by atoms with Crippen LogP contribution >= 0.6 is 0 Å². The van der Waals surface area contributed by atoms with E-state index in [1.54, 1.807) is 37.1 Å².